The fourth-order valence-electron chi connectivity index (χ4n) is 7.32. The Labute approximate surface area is 473 Å². The zero-order valence-corrected chi connectivity index (χ0v) is 49.5. The van der Waals surface area contributed by atoms with Crippen molar-refractivity contribution < 1.29 is 52.2 Å². The lowest BCUT2D eigenvalue weighted by Crippen LogP contribution is -2.30. The summed E-state index contributed by atoms with van der Waals surface area (Å²) in [5, 5.41) is 9.80. The molecule has 0 saturated heterocycles. The van der Waals surface area contributed by atoms with Crippen LogP contribution < -0.4 is 0 Å². The van der Waals surface area contributed by atoms with Crippen LogP contribution in [0.2, 0.25) is 0 Å². The molecule has 0 saturated carbocycles. The third-order valence-corrected chi connectivity index (χ3v) is 12.7. The topological polar surface area (TPSA) is 155 Å². The van der Waals surface area contributed by atoms with Crippen LogP contribution >= 0.6 is 7.82 Å². The molecule has 0 rings (SSSR count). The Morgan fingerprint density at radius 3 is 1.17 bits per heavy atom. The lowest BCUT2D eigenvalue weighted by atomic mass is 10.1. The smallest absolute Gasteiger partial charge is 0.462 e. The van der Waals surface area contributed by atoms with Gasteiger partial charge in [-0.05, 0) is 116 Å². The highest BCUT2D eigenvalue weighted by atomic mass is 31.2. The van der Waals surface area contributed by atoms with Gasteiger partial charge in [0.1, 0.15) is 12.7 Å². The van der Waals surface area contributed by atoms with Crippen molar-refractivity contribution in [2.75, 3.05) is 26.4 Å². The number of phosphoric ester groups is 1. The number of ether oxygens (including phenoxy) is 3. The van der Waals surface area contributed by atoms with Gasteiger partial charge in [-0.2, -0.15) is 0 Å². The van der Waals surface area contributed by atoms with E-state index in [9.17, 15) is 28.9 Å². The minimum absolute atomic E-state index is 0.0665. The van der Waals surface area contributed by atoms with E-state index in [1.807, 2.05) is 24.3 Å². The average Bonchev–Trinajstić information content (AvgIpc) is 3.43. The molecule has 0 aliphatic heterocycles. The average molecular weight is 1110 g/mol. The zero-order chi connectivity index (χ0) is 56.9. The zero-order valence-electron chi connectivity index (χ0n) is 48.6. The number of rotatable bonds is 53. The summed E-state index contributed by atoms with van der Waals surface area (Å²) in [5.74, 6) is -1.69. The van der Waals surface area contributed by atoms with Gasteiger partial charge in [-0.3, -0.25) is 23.4 Å². The second-order valence-corrected chi connectivity index (χ2v) is 20.5. The molecule has 12 heteroatoms. The van der Waals surface area contributed by atoms with E-state index in [-0.39, 0.29) is 25.9 Å². The van der Waals surface area contributed by atoms with Crippen molar-refractivity contribution in [2.24, 2.45) is 0 Å². The van der Waals surface area contributed by atoms with Crippen LogP contribution in [-0.4, -0.2) is 66.5 Å². The highest BCUT2D eigenvalue weighted by Gasteiger charge is 2.28. The molecule has 3 atom stereocenters. The molecule has 0 amide bonds. The second-order valence-electron chi connectivity index (χ2n) is 19.1. The van der Waals surface area contributed by atoms with Gasteiger partial charge in [-0.15, -0.1) is 0 Å². The summed E-state index contributed by atoms with van der Waals surface area (Å²) in [4.78, 5) is 48.5. The highest BCUT2D eigenvalue weighted by Crippen LogP contribution is 2.43. The summed E-state index contributed by atoms with van der Waals surface area (Å²) in [5.41, 5.74) is 0. The molecule has 0 radical (unpaired) electrons. The van der Waals surface area contributed by atoms with Gasteiger partial charge < -0.3 is 24.2 Å². The van der Waals surface area contributed by atoms with Crippen LogP contribution in [0.3, 0.4) is 0 Å². The first-order valence-electron chi connectivity index (χ1n) is 29.7. The molecular weight excluding hydrogens is 1000 g/mol. The van der Waals surface area contributed by atoms with Gasteiger partial charge in [0.25, 0.3) is 0 Å². The van der Waals surface area contributed by atoms with Crippen molar-refractivity contribution in [1.29, 1.82) is 0 Å². The summed E-state index contributed by atoms with van der Waals surface area (Å²) in [6.07, 6.45) is 75.5. The molecular formula is C66H105O11P. The largest absolute Gasteiger partial charge is 0.472 e. The van der Waals surface area contributed by atoms with Crippen molar-refractivity contribution in [2.45, 2.75) is 226 Å². The normalized spacial score (nSPS) is 14.4. The third-order valence-electron chi connectivity index (χ3n) is 11.8. The Balaban J connectivity index is 4.90. The van der Waals surface area contributed by atoms with E-state index in [4.69, 9.17) is 23.3 Å². The van der Waals surface area contributed by atoms with Gasteiger partial charge in [0.2, 0.25) is 0 Å². The standard InChI is InChI=1S/C66H105O11P/c1-4-7-10-13-16-19-22-25-28-30-31-33-36-39-42-45-48-51-54-57-66(70)77-63(59-73-64(68)55-52-49-46-43-40-37-35-32-29-26-23-20-17-14-11-8-5-2)61-75-78(71,72)74-60-62(58-67)76-65(69)56-53-50-47-44-41-38-34-27-24-21-18-15-12-9-6-3/h8-9,11-12,16-21,25-29,34-35,37,41,43-44,46,50,53,62-63,67H,4-7,10,13-15,22-24,30-33,36,38-40,42,45,47-49,51-52,54-61H2,1-3H3,(H,71,72)/b11-8-,12-9-,19-16-,20-17-,21-18-,28-25-,29-26-,34-27-,37-35-,44-41-,46-43-,53-50-. The molecule has 0 aromatic rings. The molecule has 0 aromatic carbocycles. The number of phosphoric acid groups is 1. The summed E-state index contributed by atoms with van der Waals surface area (Å²) in [7, 11) is -4.80. The van der Waals surface area contributed by atoms with Crippen molar-refractivity contribution in [3.8, 4) is 0 Å². The van der Waals surface area contributed by atoms with E-state index in [2.05, 4.69) is 136 Å². The highest BCUT2D eigenvalue weighted by molar-refractivity contribution is 7.47. The van der Waals surface area contributed by atoms with E-state index in [0.29, 0.717) is 25.7 Å². The Hall–Kier alpha value is -4.64. The number of hydrogen-bond donors (Lipinski definition) is 2. The number of aliphatic hydroxyl groups is 1. The van der Waals surface area contributed by atoms with Crippen LogP contribution in [0, 0.1) is 0 Å². The quantitative estimate of drug-likeness (QED) is 0.0197. The monoisotopic (exact) mass is 1100 g/mol. The number of carbonyl (C=O) groups excluding carboxylic acids is 3. The predicted molar refractivity (Wildman–Crippen MR) is 325 cm³/mol. The Kier molecular flexibility index (Phi) is 55.0. The van der Waals surface area contributed by atoms with Gasteiger partial charge >= 0.3 is 25.7 Å². The van der Waals surface area contributed by atoms with E-state index in [1.165, 1.54) is 51.4 Å². The summed E-state index contributed by atoms with van der Waals surface area (Å²) >= 11 is 0. The van der Waals surface area contributed by atoms with Crippen LogP contribution in [0.4, 0.5) is 0 Å². The Morgan fingerprint density at radius 2 is 0.731 bits per heavy atom. The van der Waals surface area contributed by atoms with Crippen molar-refractivity contribution >= 4 is 25.7 Å². The van der Waals surface area contributed by atoms with Crippen LogP contribution in [-0.2, 0) is 42.2 Å². The maximum atomic E-state index is 12.9. The summed E-state index contributed by atoms with van der Waals surface area (Å²) in [6.45, 7) is 4.20. The molecule has 11 nitrogen and oxygen atoms in total. The second kappa shape index (κ2) is 58.5. The SMILES string of the molecule is CC/C=C\C/C=C\C/C=C\C/C=C\C/C=C\CCCC(=O)OCC(COP(=O)(O)OCC(CO)OC(=O)C/C=C\C/C=C\C/C=C\C/C=C\C/C=C\CC)OC(=O)CCCCCCCCCCC/C=C\C/C=C\CCCCC. The molecule has 0 heterocycles. The van der Waals surface area contributed by atoms with Crippen LogP contribution in [0.15, 0.2) is 146 Å². The number of unbranched alkanes of at least 4 members (excludes halogenated alkanes) is 13. The van der Waals surface area contributed by atoms with Gasteiger partial charge in [-0.25, -0.2) is 4.57 Å². The van der Waals surface area contributed by atoms with Crippen LogP contribution in [0.1, 0.15) is 213 Å². The Morgan fingerprint density at radius 1 is 0.385 bits per heavy atom. The molecule has 78 heavy (non-hydrogen) atoms. The lowest BCUT2D eigenvalue weighted by molar-refractivity contribution is -0.161. The van der Waals surface area contributed by atoms with Gasteiger partial charge in [0, 0.05) is 12.8 Å². The van der Waals surface area contributed by atoms with Gasteiger partial charge in [-0.1, -0.05) is 224 Å². The van der Waals surface area contributed by atoms with E-state index in [1.54, 1.807) is 6.08 Å². The van der Waals surface area contributed by atoms with E-state index >= 15 is 0 Å². The minimum Gasteiger partial charge on any atom is -0.462 e. The Bertz CT molecular complexity index is 1860. The number of esters is 3. The van der Waals surface area contributed by atoms with Gasteiger partial charge in [0.05, 0.1) is 26.2 Å². The summed E-state index contributed by atoms with van der Waals surface area (Å²) in [6, 6.07) is 0. The molecule has 0 spiro atoms. The first-order valence-corrected chi connectivity index (χ1v) is 31.2. The van der Waals surface area contributed by atoms with Gasteiger partial charge in [0.15, 0.2) is 6.10 Å². The lowest BCUT2D eigenvalue weighted by Gasteiger charge is -2.21. The van der Waals surface area contributed by atoms with Crippen molar-refractivity contribution in [3.63, 3.8) is 0 Å². The maximum absolute atomic E-state index is 12.9. The number of allylic oxidation sites excluding steroid dienone is 23. The van der Waals surface area contributed by atoms with Crippen molar-refractivity contribution in [3.05, 3.63) is 146 Å². The van der Waals surface area contributed by atoms with Crippen LogP contribution in [0.25, 0.3) is 0 Å². The predicted octanol–water partition coefficient (Wildman–Crippen LogP) is 17.9. The van der Waals surface area contributed by atoms with E-state index < -0.39 is 57.8 Å². The number of aliphatic hydroxyl groups excluding tert-OH is 1. The maximum Gasteiger partial charge on any atom is 0.472 e. The molecule has 0 bridgehead atoms. The minimum atomic E-state index is -4.80. The molecule has 3 unspecified atom stereocenters. The number of hydrogen-bond acceptors (Lipinski definition) is 10. The molecule has 2 N–H and O–H groups in total. The molecule has 440 valence electrons. The fourth-order valence-corrected chi connectivity index (χ4v) is 8.10. The first-order chi connectivity index (χ1) is 38.2. The van der Waals surface area contributed by atoms with E-state index in [0.717, 1.165) is 96.3 Å². The molecule has 0 aromatic heterocycles. The first kappa shape index (κ1) is 73.4. The van der Waals surface area contributed by atoms with Crippen molar-refractivity contribution in [1.82, 2.24) is 0 Å². The fraction of sp³-hybridized carbons (Fsp3) is 0.591. The molecule has 0 fully saturated rings. The molecule has 0 aliphatic rings. The summed E-state index contributed by atoms with van der Waals surface area (Å²) < 4.78 is 39.4. The molecule has 0 aliphatic carbocycles. The number of carbonyl (C=O) groups is 3. The third kappa shape index (κ3) is 56.1. The van der Waals surface area contributed by atoms with Crippen LogP contribution in [0.5, 0.6) is 0 Å².